The predicted octanol–water partition coefficient (Wildman–Crippen LogP) is 1.73. The summed E-state index contributed by atoms with van der Waals surface area (Å²) in [5, 5.41) is 15.1. The van der Waals surface area contributed by atoms with Crippen LogP contribution in [0.4, 0.5) is 4.79 Å². The highest BCUT2D eigenvalue weighted by atomic mass is 16.6. The number of guanidine groups is 1. The minimum atomic E-state index is -0.452. The van der Waals surface area contributed by atoms with E-state index in [1.807, 2.05) is 56.5 Å². The van der Waals surface area contributed by atoms with Crippen molar-refractivity contribution < 1.29 is 9.53 Å². The quantitative estimate of drug-likeness (QED) is 0.381. The number of nitrogens with zero attached hydrogens (tertiary/aromatic N) is 6. The number of amides is 1. The van der Waals surface area contributed by atoms with Gasteiger partial charge >= 0.3 is 6.09 Å². The van der Waals surface area contributed by atoms with Crippen molar-refractivity contribution in [2.75, 3.05) is 45.8 Å². The van der Waals surface area contributed by atoms with Crippen LogP contribution < -0.4 is 10.6 Å². The van der Waals surface area contributed by atoms with Gasteiger partial charge in [0.05, 0.1) is 0 Å². The summed E-state index contributed by atoms with van der Waals surface area (Å²) in [6, 6.07) is 5.83. The second kappa shape index (κ2) is 11.1. The Morgan fingerprint density at radius 2 is 1.94 bits per heavy atom. The van der Waals surface area contributed by atoms with E-state index in [1.54, 1.807) is 4.90 Å². The van der Waals surface area contributed by atoms with E-state index >= 15 is 0 Å². The number of aliphatic imine (C=N–C) groups is 1. The second-order valence-electron chi connectivity index (χ2n) is 8.83. The smallest absolute Gasteiger partial charge is 0.410 e. The molecule has 1 aliphatic rings. The summed E-state index contributed by atoms with van der Waals surface area (Å²) in [6.45, 7) is 13.9. The van der Waals surface area contributed by atoms with Crippen LogP contribution in [0.3, 0.4) is 0 Å². The lowest BCUT2D eigenvalue weighted by Gasteiger charge is -2.35. The number of pyridine rings is 1. The Labute approximate surface area is 190 Å². The second-order valence-corrected chi connectivity index (χ2v) is 8.83. The number of aromatic nitrogens is 3. The van der Waals surface area contributed by atoms with Crippen LogP contribution in [0.5, 0.6) is 0 Å². The van der Waals surface area contributed by atoms with Crippen molar-refractivity contribution in [2.24, 2.45) is 4.99 Å². The monoisotopic (exact) mass is 444 g/mol. The molecule has 0 spiro atoms. The lowest BCUT2D eigenvalue weighted by atomic mass is 10.2. The SMILES string of the molecule is CCNC(=NCc1nnc2ccccn12)NCCCN1CCN(C(=O)OC(C)(C)C)CC1. The van der Waals surface area contributed by atoms with Crippen LogP contribution in [0.2, 0.25) is 0 Å². The number of hydrogen-bond donors (Lipinski definition) is 2. The minimum Gasteiger partial charge on any atom is -0.444 e. The Morgan fingerprint density at radius 3 is 2.66 bits per heavy atom. The molecule has 10 heteroatoms. The van der Waals surface area contributed by atoms with E-state index in [1.165, 1.54) is 0 Å². The van der Waals surface area contributed by atoms with Gasteiger partial charge in [-0.15, -0.1) is 10.2 Å². The van der Waals surface area contributed by atoms with Crippen LogP contribution in [-0.2, 0) is 11.3 Å². The first-order chi connectivity index (χ1) is 15.4. The van der Waals surface area contributed by atoms with Gasteiger partial charge in [0, 0.05) is 45.5 Å². The van der Waals surface area contributed by atoms with Crippen LogP contribution in [-0.4, -0.2) is 87.9 Å². The Morgan fingerprint density at radius 1 is 1.16 bits per heavy atom. The maximum Gasteiger partial charge on any atom is 0.410 e. The molecule has 0 atom stereocenters. The Kier molecular flexibility index (Phi) is 8.26. The first-order valence-corrected chi connectivity index (χ1v) is 11.4. The van der Waals surface area contributed by atoms with Gasteiger partial charge in [0.1, 0.15) is 12.1 Å². The molecule has 176 valence electrons. The number of nitrogens with one attached hydrogen (secondary N) is 2. The highest BCUT2D eigenvalue weighted by Gasteiger charge is 2.25. The first kappa shape index (κ1) is 23.8. The maximum atomic E-state index is 12.2. The maximum absolute atomic E-state index is 12.2. The summed E-state index contributed by atoms with van der Waals surface area (Å²) in [4.78, 5) is 21.0. The van der Waals surface area contributed by atoms with Crippen LogP contribution in [0.15, 0.2) is 29.4 Å². The zero-order valence-electron chi connectivity index (χ0n) is 19.7. The molecule has 10 nitrogen and oxygen atoms in total. The Bertz CT molecular complexity index is 897. The van der Waals surface area contributed by atoms with E-state index in [0.29, 0.717) is 19.6 Å². The summed E-state index contributed by atoms with van der Waals surface area (Å²) < 4.78 is 7.41. The van der Waals surface area contributed by atoms with E-state index in [0.717, 1.165) is 56.6 Å². The molecule has 1 saturated heterocycles. The van der Waals surface area contributed by atoms with Gasteiger partial charge in [-0.2, -0.15) is 0 Å². The topological polar surface area (TPSA) is 99.4 Å². The molecule has 2 aromatic heterocycles. The third-order valence-electron chi connectivity index (χ3n) is 5.07. The third kappa shape index (κ3) is 7.08. The molecule has 2 aromatic rings. The van der Waals surface area contributed by atoms with E-state index < -0.39 is 5.60 Å². The van der Waals surface area contributed by atoms with Gasteiger partial charge in [-0.1, -0.05) is 6.07 Å². The molecule has 0 aliphatic carbocycles. The average molecular weight is 445 g/mol. The lowest BCUT2D eigenvalue weighted by Crippen LogP contribution is -2.50. The zero-order chi connectivity index (χ0) is 23.0. The summed E-state index contributed by atoms with van der Waals surface area (Å²) >= 11 is 0. The molecule has 0 saturated carbocycles. The number of carbonyl (C=O) groups excluding carboxylic acids is 1. The summed E-state index contributed by atoms with van der Waals surface area (Å²) in [5.74, 6) is 1.58. The van der Waals surface area contributed by atoms with Crippen molar-refractivity contribution in [3.05, 3.63) is 30.2 Å². The summed E-state index contributed by atoms with van der Waals surface area (Å²) in [7, 11) is 0. The molecule has 2 N–H and O–H groups in total. The van der Waals surface area contributed by atoms with Crippen molar-refractivity contribution in [1.29, 1.82) is 0 Å². The fourth-order valence-electron chi connectivity index (χ4n) is 3.48. The van der Waals surface area contributed by atoms with E-state index in [2.05, 4.69) is 30.7 Å². The van der Waals surface area contributed by atoms with Gasteiger partial charge in [-0.3, -0.25) is 9.30 Å². The molecule has 0 aromatic carbocycles. The number of ether oxygens (including phenoxy) is 1. The summed E-state index contributed by atoms with van der Waals surface area (Å²) in [5.41, 5.74) is 0.370. The summed E-state index contributed by atoms with van der Waals surface area (Å²) in [6.07, 6.45) is 2.72. The average Bonchev–Trinajstić information content (AvgIpc) is 3.17. The van der Waals surface area contributed by atoms with Crippen molar-refractivity contribution >= 4 is 17.7 Å². The molecule has 1 fully saturated rings. The molecule has 1 amide bonds. The minimum absolute atomic E-state index is 0.217. The molecule has 3 heterocycles. The van der Waals surface area contributed by atoms with Gasteiger partial charge in [-0.25, -0.2) is 9.79 Å². The Hall–Kier alpha value is -2.88. The van der Waals surface area contributed by atoms with E-state index in [9.17, 15) is 4.79 Å². The van der Waals surface area contributed by atoms with Gasteiger partial charge in [0.25, 0.3) is 0 Å². The highest BCUT2D eigenvalue weighted by molar-refractivity contribution is 5.79. The highest BCUT2D eigenvalue weighted by Crippen LogP contribution is 2.12. The predicted molar refractivity (Wildman–Crippen MR) is 125 cm³/mol. The van der Waals surface area contributed by atoms with Crippen molar-refractivity contribution in [3.8, 4) is 0 Å². The number of rotatable bonds is 7. The van der Waals surface area contributed by atoms with Crippen molar-refractivity contribution in [1.82, 2.24) is 35.0 Å². The van der Waals surface area contributed by atoms with Crippen LogP contribution in [0, 0.1) is 0 Å². The first-order valence-electron chi connectivity index (χ1n) is 11.4. The van der Waals surface area contributed by atoms with Gasteiger partial charge in [0.2, 0.25) is 0 Å². The standard InChI is InChI=1S/C22H36N8O2/c1-5-23-20(25-17-19-27-26-18-9-6-7-12-30(18)19)24-10-8-11-28-13-15-29(16-14-28)21(31)32-22(2,3)4/h6-7,9,12H,5,8,10-11,13-17H2,1-4H3,(H2,23,24,25). The van der Waals surface area contributed by atoms with Gasteiger partial charge < -0.3 is 20.3 Å². The van der Waals surface area contributed by atoms with Crippen molar-refractivity contribution in [3.63, 3.8) is 0 Å². The fraction of sp³-hybridized carbons (Fsp3) is 0.636. The van der Waals surface area contributed by atoms with Gasteiger partial charge in [0.15, 0.2) is 17.4 Å². The number of fused-ring (bicyclic) bond motifs is 1. The molecular weight excluding hydrogens is 408 g/mol. The zero-order valence-corrected chi connectivity index (χ0v) is 19.7. The molecule has 0 bridgehead atoms. The number of carbonyl (C=O) groups is 1. The van der Waals surface area contributed by atoms with E-state index in [4.69, 9.17) is 4.74 Å². The molecular formula is C22H36N8O2. The fourth-order valence-corrected chi connectivity index (χ4v) is 3.48. The van der Waals surface area contributed by atoms with Crippen LogP contribution >= 0.6 is 0 Å². The van der Waals surface area contributed by atoms with Crippen LogP contribution in [0.1, 0.15) is 39.9 Å². The number of piperazine rings is 1. The van der Waals surface area contributed by atoms with E-state index in [-0.39, 0.29) is 6.09 Å². The molecule has 0 radical (unpaired) electrons. The largest absolute Gasteiger partial charge is 0.444 e. The number of hydrogen-bond acceptors (Lipinski definition) is 6. The molecule has 3 rings (SSSR count). The molecule has 0 unspecified atom stereocenters. The van der Waals surface area contributed by atoms with Crippen molar-refractivity contribution in [2.45, 2.75) is 46.3 Å². The third-order valence-corrected chi connectivity index (χ3v) is 5.07. The lowest BCUT2D eigenvalue weighted by molar-refractivity contribution is 0.0145. The Balaban J connectivity index is 1.39. The molecule has 32 heavy (non-hydrogen) atoms. The normalized spacial score (nSPS) is 15.8. The van der Waals surface area contributed by atoms with Crippen LogP contribution in [0.25, 0.3) is 5.65 Å². The van der Waals surface area contributed by atoms with Gasteiger partial charge in [-0.05, 0) is 52.8 Å². The molecule has 1 aliphatic heterocycles.